The predicted molar refractivity (Wildman–Crippen MR) is 107 cm³/mol. The van der Waals surface area contributed by atoms with Gasteiger partial charge in [-0.15, -0.1) is 10.2 Å². The first kappa shape index (κ1) is 20.1. The minimum Gasteiger partial charge on any atom is -0.411 e. The molecule has 3 rings (SSSR count). The lowest BCUT2D eigenvalue weighted by Crippen LogP contribution is -2.32. The molecule has 0 bridgehead atoms. The van der Waals surface area contributed by atoms with Crippen molar-refractivity contribution in [1.29, 1.82) is 0 Å². The van der Waals surface area contributed by atoms with Gasteiger partial charge in [-0.3, -0.25) is 4.79 Å². The van der Waals surface area contributed by atoms with Crippen LogP contribution in [0.5, 0.6) is 0 Å². The topological polar surface area (TPSA) is 59.2 Å². The number of nitrogens with zero attached hydrogens (tertiary/aromatic N) is 3. The number of hydrogen-bond acceptors (Lipinski definition) is 5. The van der Waals surface area contributed by atoms with Crippen LogP contribution in [0.4, 0.5) is 4.39 Å². The molecule has 0 spiro atoms. The molecule has 146 valence electrons. The second-order valence-corrected chi connectivity index (χ2v) is 8.05. The molecule has 0 aliphatic heterocycles. The number of hydrogen-bond donors (Lipinski definition) is 0. The highest BCUT2D eigenvalue weighted by Crippen LogP contribution is 2.28. The third-order valence-corrected chi connectivity index (χ3v) is 5.39. The average Bonchev–Trinajstić information content (AvgIpc) is 3.11. The third kappa shape index (κ3) is 4.78. The van der Waals surface area contributed by atoms with Gasteiger partial charge in [-0.1, -0.05) is 30.0 Å². The molecule has 1 atom stereocenters. The first-order valence-electron chi connectivity index (χ1n) is 8.90. The van der Waals surface area contributed by atoms with Crippen LogP contribution < -0.4 is 0 Å². The molecule has 1 amide bonds. The molecule has 1 aromatic heterocycles. The second-order valence-electron chi connectivity index (χ2n) is 6.76. The van der Waals surface area contributed by atoms with Crippen LogP contribution in [0.15, 0.2) is 52.1 Å². The van der Waals surface area contributed by atoms with Crippen molar-refractivity contribution < 1.29 is 13.6 Å². The van der Waals surface area contributed by atoms with Gasteiger partial charge in [0.05, 0.1) is 5.25 Å². The molecule has 0 fully saturated rings. The predicted octanol–water partition coefficient (Wildman–Crippen LogP) is 4.63. The Morgan fingerprint density at radius 2 is 1.96 bits per heavy atom. The summed E-state index contributed by atoms with van der Waals surface area (Å²) in [7, 11) is 1.69. The number of carbonyl (C=O) groups is 1. The van der Waals surface area contributed by atoms with Crippen LogP contribution in [-0.4, -0.2) is 33.3 Å². The van der Waals surface area contributed by atoms with E-state index >= 15 is 0 Å². The molecule has 0 radical (unpaired) electrons. The molecule has 0 saturated heterocycles. The molecule has 28 heavy (non-hydrogen) atoms. The molecule has 2 aromatic carbocycles. The van der Waals surface area contributed by atoms with Crippen molar-refractivity contribution in [3.63, 3.8) is 0 Å². The summed E-state index contributed by atoms with van der Waals surface area (Å²) in [6, 6.07) is 12.2. The number of benzene rings is 2. The van der Waals surface area contributed by atoms with Gasteiger partial charge in [0.2, 0.25) is 11.8 Å². The normalized spacial score (nSPS) is 12.0. The maximum Gasteiger partial charge on any atom is 0.277 e. The van der Waals surface area contributed by atoms with Gasteiger partial charge in [-0.2, -0.15) is 0 Å². The molecule has 0 aliphatic rings. The lowest BCUT2D eigenvalue weighted by atomic mass is 10.1. The lowest BCUT2D eigenvalue weighted by Gasteiger charge is -2.20. The highest BCUT2D eigenvalue weighted by Gasteiger charge is 2.22. The van der Waals surface area contributed by atoms with E-state index in [9.17, 15) is 9.18 Å². The zero-order valence-corrected chi connectivity index (χ0v) is 17.1. The summed E-state index contributed by atoms with van der Waals surface area (Å²) in [5.41, 5.74) is 3.93. The summed E-state index contributed by atoms with van der Waals surface area (Å²) in [5, 5.41) is 8.07. The van der Waals surface area contributed by atoms with Gasteiger partial charge in [0.1, 0.15) is 5.82 Å². The van der Waals surface area contributed by atoms with Crippen molar-refractivity contribution in [2.24, 2.45) is 0 Å². The van der Waals surface area contributed by atoms with Crippen LogP contribution in [0.2, 0.25) is 0 Å². The van der Waals surface area contributed by atoms with Gasteiger partial charge in [0, 0.05) is 19.2 Å². The molecular formula is C21H22FN3O2S. The largest absolute Gasteiger partial charge is 0.411 e. The van der Waals surface area contributed by atoms with E-state index < -0.39 is 5.25 Å². The SMILES string of the molecule is Cc1ccc(-c2nnc(S[C@@H](C)C(=O)N(C)Cc3cccc(F)c3)o2)cc1C. The van der Waals surface area contributed by atoms with Crippen molar-refractivity contribution >= 4 is 17.7 Å². The highest BCUT2D eigenvalue weighted by molar-refractivity contribution is 8.00. The van der Waals surface area contributed by atoms with Crippen LogP contribution in [0.3, 0.4) is 0 Å². The quantitative estimate of drug-likeness (QED) is 0.566. The number of aromatic nitrogens is 2. The van der Waals surface area contributed by atoms with E-state index in [1.165, 1.54) is 29.5 Å². The Labute approximate surface area is 168 Å². The van der Waals surface area contributed by atoms with Gasteiger partial charge in [-0.25, -0.2) is 4.39 Å². The summed E-state index contributed by atoms with van der Waals surface area (Å²) >= 11 is 1.21. The van der Waals surface area contributed by atoms with Gasteiger partial charge in [0.25, 0.3) is 5.22 Å². The molecule has 0 saturated carbocycles. The summed E-state index contributed by atoms with van der Waals surface area (Å²) in [6.07, 6.45) is 0. The Kier molecular flexibility index (Phi) is 6.14. The van der Waals surface area contributed by atoms with Gasteiger partial charge < -0.3 is 9.32 Å². The van der Waals surface area contributed by atoms with E-state index in [-0.39, 0.29) is 11.7 Å². The molecule has 3 aromatic rings. The van der Waals surface area contributed by atoms with E-state index in [0.29, 0.717) is 17.7 Å². The van der Waals surface area contributed by atoms with Crippen LogP contribution in [0, 0.1) is 19.7 Å². The second kappa shape index (κ2) is 8.56. The number of halogens is 1. The molecule has 0 N–H and O–H groups in total. The number of rotatable bonds is 6. The number of thioether (sulfide) groups is 1. The maximum absolute atomic E-state index is 13.3. The molecule has 0 unspecified atom stereocenters. The fourth-order valence-corrected chi connectivity index (χ4v) is 3.55. The van der Waals surface area contributed by atoms with Crippen LogP contribution in [0.25, 0.3) is 11.5 Å². The fourth-order valence-electron chi connectivity index (χ4n) is 2.75. The van der Waals surface area contributed by atoms with Gasteiger partial charge >= 0.3 is 0 Å². The third-order valence-electron chi connectivity index (χ3n) is 4.47. The molecule has 0 aliphatic carbocycles. The molecule has 1 heterocycles. The van der Waals surface area contributed by atoms with Gasteiger partial charge in [0.15, 0.2) is 0 Å². The Bertz CT molecular complexity index is 989. The van der Waals surface area contributed by atoms with Crippen molar-refractivity contribution in [2.75, 3.05) is 7.05 Å². The minimum atomic E-state index is -0.411. The number of amides is 1. The van der Waals surface area contributed by atoms with E-state index in [1.807, 2.05) is 32.0 Å². The van der Waals surface area contributed by atoms with Crippen molar-refractivity contribution in [2.45, 2.75) is 37.8 Å². The van der Waals surface area contributed by atoms with Crippen LogP contribution in [0.1, 0.15) is 23.6 Å². The monoisotopic (exact) mass is 399 g/mol. The van der Waals surface area contributed by atoms with Crippen LogP contribution >= 0.6 is 11.8 Å². The zero-order valence-electron chi connectivity index (χ0n) is 16.3. The van der Waals surface area contributed by atoms with Crippen molar-refractivity contribution in [3.8, 4) is 11.5 Å². The van der Waals surface area contributed by atoms with Crippen molar-refractivity contribution in [1.82, 2.24) is 15.1 Å². The fraction of sp³-hybridized carbons (Fsp3) is 0.286. The maximum atomic E-state index is 13.3. The summed E-state index contributed by atoms with van der Waals surface area (Å²) < 4.78 is 19.0. The van der Waals surface area contributed by atoms with E-state index in [4.69, 9.17) is 4.42 Å². The zero-order chi connectivity index (χ0) is 20.3. The minimum absolute atomic E-state index is 0.0970. The van der Waals surface area contributed by atoms with Crippen molar-refractivity contribution in [3.05, 3.63) is 65.0 Å². The first-order valence-corrected chi connectivity index (χ1v) is 9.78. The standard InChI is InChI=1S/C21H22FN3O2S/c1-13-8-9-17(10-14(13)2)19-23-24-21(27-19)28-15(3)20(26)25(4)12-16-6-5-7-18(22)11-16/h5-11,15H,12H2,1-4H3/t15-/m0/s1. The number of carbonyl (C=O) groups excluding carboxylic acids is 1. The highest BCUT2D eigenvalue weighted by atomic mass is 32.2. The summed E-state index contributed by atoms with van der Waals surface area (Å²) in [5.74, 6) is 0.0176. The summed E-state index contributed by atoms with van der Waals surface area (Å²) in [4.78, 5) is 14.2. The lowest BCUT2D eigenvalue weighted by molar-refractivity contribution is -0.129. The van der Waals surface area contributed by atoms with Crippen LogP contribution in [-0.2, 0) is 11.3 Å². The first-order chi connectivity index (χ1) is 13.3. The molecule has 7 heteroatoms. The Hall–Kier alpha value is -2.67. The Morgan fingerprint density at radius 1 is 1.18 bits per heavy atom. The Morgan fingerprint density at radius 3 is 2.68 bits per heavy atom. The van der Waals surface area contributed by atoms with E-state index in [0.717, 1.165) is 16.7 Å². The van der Waals surface area contributed by atoms with E-state index in [1.54, 1.807) is 31.0 Å². The van der Waals surface area contributed by atoms with E-state index in [2.05, 4.69) is 10.2 Å². The number of aryl methyl sites for hydroxylation is 2. The smallest absolute Gasteiger partial charge is 0.277 e. The van der Waals surface area contributed by atoms with Gasteiger partial charge in [-0.05, 0) is 61.7 Å². The molecule has 5 nitrogen and oxygen atoms in total. The average molecular weight is 399 g/mol. The molecular weight excluding hydrogens is 377 g/mol. The summed E-state index contributed by atoms with van der Waals surface area (Å²) in [6.45, 7) is 6.19. The Balaban J connectivity index is 1.64.